The first-order chi connectivity index (χ1) is 9.65. The molecule has 5 nitrogen and oxygen atoms in total. The largest absolute Gasteiger partial charge is 0.481 e. The summed E-state index contributed by atoms with van der Waals surface area (Å²) in [6, 6.07) is 7.09. The van der Waals surface area contributed by atoms with E-state index in [0.29, 0.717) is 28.9 Å². The van der Waals surface area contributed by atoms with Gasteiger partial charge in [0.15, 0.2) is 0 Å². The van der Waals surface area contributed by atoms with E-state index in [9.17, 15) is 9.59 Å². The molecule has 1 fully saturated rings. The summed E-state index contributed by atoms with van der Waals surface area (Å²) in [5.41, 5.74) is 0.341. The fourth-order valence-electron chi connectivity index (χ4n) is 2.62. The van der Waals surface area contributed by atoms with Crippen molar-refractivity contribution in [2.45, 2.75) is 32.2 Å². The van der Waals surface area contributed by atoms with E-state index in [4.69, 9.17) is 5.11 Å². The summed E-state index contributed by atoms with van der Waals surface area (Å²) in [6.45, 7) is 0.594. The zero-order valence-corrected chi connectivity index (χ0v) is 11.1. The fraction of sp³-hybridized carbons (Fsp3) is 0.400. The molecule has 0 spiro atoms. The van der Waals surface area contributed by atoms with E-state index in [-0.39, 0.29) is 12.0 Å². The van der Waals surface area contributed by atoms with Crippen LogP contribution in [0.3, 0.4) is 0 Å². The smallest absolute Gasteiger partial charge is 0.309 e. The van der Waals surface area contributed by atoms with E-state index in [0.717, 1.165) is 12.8 Å². The van der Waals surface area contributed by atoms with Gasteiger partial charge >= 0.3 is 5.97 Å². The predicted molar refractivity (Wildman–Crippen MR) is 74.7 cm³/mol. The van der Waals surface area contributed by atoms with Crippen LogP contribution >= 0.6 is 0 Å². The van der Waals surface area contributed by atoms with Crippen LogP contribution in [0, 0.1) is 5.92 Å². The molecule has 20 heavy (non-hydrogen) atoms. The monoisotopic (exact) mass is 272 g/mol. The maximum Gasteiger partial charge on any atom is 0.309 e. The lowest BCUT2D eigenvalue weighted by Crippen LogP contribution is -2.30. The number of aromatic nitrogens is 2. The van der Waals surface area contributed by atoms with Crippen molar-refractivity contribution in [2.75, 3.05) is 0 Å². The number of fused-ring (bicyclic) bond motifs is 1. The van der Waals surface area contributed by atoms with Gasteiger partial charge in [-0.25, -0.2) is 4.68 Å². The predicted octanol–water partition coefficient (Wildman–Crippen LogP) is 1.82. The molecule has 1 aliphatic carbocycles. The summed E-state index contributed by atoms with van der Waals surface area (Å²) in [5, 5.41) is 14.5. The van der Waals surface area contributed by atoms with Crippen LogP contribution < -0.4 is 5.56 Å². The molecule has 0 atom stereocenters. The molecule has 1 N–H and O–H groups in total. The van der Waals surface area contributed by atoms with Crippen molar-refractivity contribution < 1.29 is 9.90 Å². The lowest BCUT2D eigenvalue weighted by molar-refractivity contribution is -0.136. The highest BCUT2D eigenvalue weighted by Crippen LogP contribution is 2.27. The van der Waals surface area contributed by atoms with Gasteiger partial charge in [-0.3, -0.25) is 9.59 Å². The van der Waals surface area contributed by atoms with Crippen LogP contribution in [0.1, 0.15) is 25.0 Å². The molecule has 1 saturated carbocycles. The van der Waals surface area contributed by atoms with Crippen LogP contribution in [0.15, 0.2) is 29.1 Å². The highest BCUT2D eigenvalue weighted by molar-refractivity contribution is 5.86. The van der Waals surface area contributed by atoms with Crippen LogP contribution in [0.4, 0.5) is 0 Å². The van der Waals surface area contributed by atoms with Gasteiger partial charge in [-0.15, -0.1) is 0 Å². The lowest BCUT2D eigenvalue weighted by Gasteiger charge is -2.25. The zero-order chi connectivity index (χ0) is 14.1. The Morgan fingerprint density at radius 1 is 1.30 bits per heavy atom. The van der Waals surface area contributed by atoms with Gasteiger partial charge in [0.2, 0.25) is 0 Å². The van der Waals surface area contributed by atoms with Crippen LogP contribution in [0.25, 0.3) is 10.8 Å². The number of rotatable bonds is 4. The van der Waals surface area contributed by atoms with E-state index in [1.54, 1.807) is 24.3 Å². The molecule has 3 rings (SSSR count). The Morgan fingerprint density at radius 2 is 2.00 bits per heavy atom. The van der Waals surface area contributed by atoms with Crippen molar-refractivity contribution in [3.8, 4) is 0 Å². The van der Waals surface area contributed by atoms with Gasteiger partial charge in [0, 0.05) is 11.9 Å². The highest BCUT2D eigenvalue weighted by Gasteiger charge is 2.20. The van der Waals surface area contributed by atoms with Crippen LogP contribution in [0.5, 0.6) is 0 Å². The van der Waals surface area contributed by atoms with E-state index in [2.05, 4.69) is 5.10 Å². The van der Waals surface area contributed by atoms with Crippen LogP contribution in [-0.4, -0.2) is 20.9 Å². The number of carbonyl (C=O) groups is 1. The summed E-state index contributed by atoms with van der Waals surface area (Å²) < 4.78 is 1.45. The van der Waals surface area contributed by atoms with Gasteiger partial charge in [0.05, 0.1) is 17.5 Å². The Hall–Kier alpha value is -2.17. The molecule has 0 radical (unpaired) electrons. The molecule has 0 amide bonds. The van der Waals surface area contributed by atoms with Gasteiger partial charge in [0.25, 0.3) is 5.56 Å². The lowest BCUT2D eigenvalue weighted by atomic mass is 9.85. The molecule has 2 aromatic rings. The minimum Gasteiger partial charge on any atom is -0.481 e. The third-order valence-corrected chi connectivity index (χ3v) is 3.92. The second-order valence-corrected chi connectivity index (χ2v) is 5.35. The first kappa shape index (κ1) is 12.8. The van der Waals surface area contributed by atoms with Crippen LogP contribution in [-0.2, 0) is 17.8 Å². The standard InChI is InChI=1S/C15H16N2O3/c18-14(19)8-13-11-6-1-2-7-12(11)15(20)17(16-13)9-10-4-3-5-10/h1-2,6-7,10H,3-5,8-9H2,(H,18,19). The quantitative estimate of drug-likeness (QED) is 0.921. The molecule has 104 valence electrons. The Kier molecular flexibility index (Phi) is 3.26. The Bertz CT molecular complexity index is 717. The zero-order valence-electron chi connectivity index (χ0n) is 11.1. The molecule has 1 aliphatic rings. The minimum absolute atomic E-state index is 0.123. The average molecular weight is 272 g/mol. The molecular formula is C15H16N2O3. The summed E-state index contributed by atoms with van der Waals surface area (Å²) in [7, 11) is 0. The second-order valence-electron chi connectivity index (χ2n) is 5.35. The van der Waals surface area contributed by atoms with E-state index in [1.807, 2.05) is 0 Å². The van der Waals surface area contributed by atoms with Gasteiger partial charge < -0.3 is 5.11 Å². The first-order valence-corrected chi connectivity index (χ1v) is 6.85. The number of benzene rings is 1. The summed E-state index contributed by atoms with van der Waals surface area (Å²) in [6.07, 6.45) is 3.28. The van der Waals surface area contributed by atoms with Gasteiger partial charge in [-0.05, 0) is 24.8 Å². The number of nitrogens with zero attached hydrogens (tertiary/aromatic N) is 2. The van der Waals surface area contributed by atoms with Gasteiger partial charge in [0.1, 0.15) is 0 Å². The molecule has 1 aromatic carbocycles. The number of hydrogen-bond acceptors (Lipinski definition) is 3. The van der Waals surface area contributed by atoms with Crippen molar-refractivity contribution in [1.82, 2.24) is 9.78 Å². The van der Waals surface area contributed by atoms with Gasteiger partial charge in [-0.1, -0.05) is 24.6 Å². The number of hydrogen-bond donors (Lipinski definition) is 1. The first-order valence-electron chi connectivity index (χ1n) is 6.85. The molecular weight excluding hydrogens is 256 g/mol. The summed E-state index contributed by atoms with van der Waals surface area (Å²) in [4.78, 5) is 23.4. The average Bonchev–Trinajstić information content (AvgIpc) is 2.38. The number of aliphatic carboxylic acids is 1. The van der Waals surface area contributed by atoms with E-state index >= 15 is 0 Å². The highest BCUT2D eigenvalue weighted by atomic mass is 16.4. The maximum absolute atomic E-state index is 12.4. The Balaban J connectivity index is 2.12. The van der Waals surface area contributed by atoms with Crippen LogP contribution in [0.2, 0.25) is 0 Å². The molecule has 0 bridgehead atoms. The topological polar surface area (TPSA) is 72.2 Å². The van der Waals surface area contributed by atoms with Gasteiger partial charge in [-0.2, -0.15) is 5.10 Å². The van der Waals surface area contributed by atoms with Crippen molar-refractivity contribution in [1.29, 1.82) is 0 Å². The third-order valence-electron chi connectivity index (χ3n) is 3.92. The number of carboxylic acids is 1. The fourth-order valence-corrected chi connectivity index (χ4v) is 2.62. The van der Waals surface area contributed by atoms with E-state index in [1.165, 1.54) is 11.1 Å². The number of carboxylic acid groups (broad SMARTS) is 1. The second kappa shape index (κ2) is 5.07. The summed E-state index contributed by atoms with van der Waals surface area (Å²) in [5.74, 6) is -0.435. The van der Waals surface area contributed by atoms with Crippen molar-refractivity contribution in [3.05, 3.63) is 40.3 Å². The SMILES string of the molecule is O=C(O)Cc1nn(CC2CCC2)c(=O)c2ccccc12. The molecule has 1 aromatic heterocycles. The molecule has 1 heterocycles. The summed E-state index contributed by atoms with van der Waals surface area (Å²) >= 11 is 0. The van der Waals surface area contributed by atoms with Crippen molar-refractivity contribution in [2.24, 2.45) is 5.92 Å². The molecule has 0 saturated heterocycles. The van der Waals surface area contributed by atoms with Crippen molar-refractivity contribution >= 4 is 16.7 Å². The normalized spacial score (nSPS) is 15.2. The molecule has 0 unspecified atom stereocenters. The van der Waals surface area contributed by atoms with Crippen molar-refractivity contribution in [3.63, 3.8) is 0 Å². The minimum atomic E-state index is -0.934. The Labute approximate surface area is 115 Å². The Morgan fingerprint density at radius 3 is 2.60 bits per heavy atom. The third kappa shape index (κ3) is 2.31. The maximum atomic E-state index is 12.4. The molecule has 5 heteroatoms. The molecule has 0 aliphatic heterocycles. The van der Waals surface area contributed by atoms with E-state index < -0.39 is 5.97 Å².